The van der Waals surface area contributed by atoms with Gasteiger partial charge in [-0.15, -0.1) is 0 Å². The van der Waals surface area contributed by atoms with Crippen LogP contribution in [0.3, 0.4) is 0 Å². The standard InChI is InChI=1S/C4H9O.Sn.Ti/c1-2-3-4-5;;/h2-4H2,1H3;;/q-1;+1;. The number of hydrogen-bond donors (Lipinski definition) is 0. The van der Waals surface area contributed by atoms with Gasteiger partial charge in [0.25, 0.3) is 0 Å². The molecule has 3 radical (unpaired) electrons. The second kappa shape index (κ2) is 10.5. The topological polar surface area (TPSA) is 9.23 Å². The molecular weight excluding hydrogens is 231 g/mol. The fourth-order valence-electron chi connectivity index (χ4n) is 0.217. The van der Waals surface area contributed by atoms with Gasteiger partial charge in [0.15, 0.2) is 0 Å². The average Bonchev–Trinajstić information content (AvgIpc) is 1.61. The second-order valence-electron chi connectivity index (χ2n) is 1.20. The average molecular weight is 240 g/mol. The smallest absolute Gasteiger partial charge is 0 e. The summed E-state index contributed by atoms with van der Waals surface area (Å²) in [5.41, 5.74) is 0. The Morgan fingerprint density at radius 1 is 1.57 bits per heavy atom. The molecule has 0 aliphatic heterocycles. The van der Waals surface area contributed by atoms with Crippen molar-refractivity contribution < 1.29 is 24.8 Å². The van der Waals surface area contributed by atoms with E-state index >= 15 is 0 Å². The Kier molecular flexibility index (Phi) is 16.9. The Morgan fingerprint density at radius 3 is 2.29 bits per heavy atom. The molecule has 3 heteroatoms. The summed E-state index contributed by atoms with van der Waals surface area (Å²) >= 11 is 1.19. The second-order valence-corrected chi connectivity index (χ2v) is 2.03. The number of rotatable bonds is 3. The molecule has 0 amide bonds. The third-order valence-electron chi connectivity index (χ3n) is 0.600. The first-order valence-corrected chi connectivity index (χ1v) is 3.37. The predicted molar refractivity (Wildman–Crippen MR) is 26.6 cm³/mol. The summed E-state index contributed by atoms with van der Waals surface area (Å²) in [5.74, 6) is 0. The van der Waals surface area contributed by atoms with E-state index in [0.29, 0.717) is 0 Å². The molecule has 0 aliphatic rings. The Balaban J connectivity index is 0. The molecule has 0 fully saturated rings. The molecule has 0 unspecified atom stereocenters. The van der Waals surface area contributed by atoms with Crippen LogP contribution in [0.2, 0.25) is 0 Å². The van der Waals surface area contributed by atoms with E-state index in [1.165, 1.54) is 35.8 Å². The monoisotopic (exact) mass is 241 g/mol. The van der Waals surface area contributed by atoms with Crippen molar-refractivity contribution in [1.82, 2.24) is 0 Å². The van der Waals surface area contributed by atoms with Crippen LogP contribution < -0.4 is 0 Å². The summed E-state index contributed by atoms with van der Waals surface area (Å²) in [6.45, 7) is 3.12. The molecule has 0 heterocycles. The molecule has 0 aromatic heterocycles. The van der Waals surface area contributed by atoms with Crippen LogP contribution in [0.1, 0.15) is 19.8 Å². The van der Waals surface area contributed by atoms with Gasteiger partial charge in [-0.1, -0.05) is 0 Å². The molecule has 0 rings (SSSR count). The van der Waals surface area contributed by atoms with Crippen LogP contribution in [0.5, 0.6) is 0 Å². The van der Waals surface area contributed by atoms with Crippen molar-refractivity contribution in [3.63, 3.8) is 0 Å². The Labute approximate surface area is 73.7 Å². The third-order valence-corrected chi connectivity index (χ3v) is 1.18. The summed E-state index contributed by atoms with van der Waals surface area (Å²) < 4.78 is 4.87. The molecule has 7 heavy (non-hydrogen) atoms. The molecule has 0 aromatic rings. The van der Waals surface area contributed by atoms with Gasteiger partial charge in [-0.2, -0.15) is 0 Å². The van der Waals surface area contributed by atoms with Gasteiger partial charge < -0.3 is 0 Å². The van der Waals surface area contributed by atoms with E-state index in [1.807, 2.05) is 0 Å². The van der Waals surface area contributed by atoms with Crippen LogP contribution in [0.25, 0.3) is 0 Å². The fourth-order valence-corrected chi connectivity index (χ4v) is 0.628. The molecule has 0 N–H and O–H groups in total. The van der Waals surface area contributed by atoms with Crippen molar-refractivity contribution in [3.8, 4) is 0 Å². The van der Waals surface area contributed by atoms with Gasteiger partial charge in [0.1, 0.15) is 0 Å². The zero-order valence-electron chi connectivity index (χ0n) is 4.53. The fraction of sp³-hybridized carbons (Fsp3) is 1.00. The van der Waals surface area contributed by atoms with Gasteiger partial charge in [-0.05, 0) is 0 Å². The van der Waals surface area contributed by atoms with Crippen LogP contribution in [0.15, 0.2) is 0 Å². The zero-order valence-corrected chi connectivity index (χ0v) is 8.95. The first-order valence-electron chi connectivity index (χ1n) is 2.20. The van der Waals surface area contributed by atoms with E-state index in [2.05, 4.69) is 6.92 Å². The van der Waals surface area contributed by atoms with Gasteiger partial charge in [0, 0.05) is 21.7 Å². The van der Waals surface area contributed by atoms with Crippen molar-refractivity contribution in [1.29, 1.82) is 0 Å². The molecule has 39 valence electrons. The van der Waals surface area contributed by atoms with Crippen LogP contribution in [-0.4, -0.2) is 29.5 Å². The van der Waals surface area contributed by atoms with Crippen molar-refractivity contribution in [3.05, 3.63) is 0 Å². The Morgan fingerprint density at radius 2 is 2.14 bits per heavy atom. The van der Waals surface area contributed by atoms with Crippen LogP contribution >= 0.6 is 0 Å². The maximum Gasteiger partial charge on any atom is 0 e. The third kappa shape index (κ3) is 11.2. The minimum atomic E-state index is 0. The molecule has 1 nitrogen and oxygen atoms in total. The summed E-state index contributed by atoms with van der Waals surface area (Å²) in [6, 6.07) is 0. The number of unbranched alkanes of at least 4 members (excludes halogenated alkanes) is 1. The SMILES string of the molecule is CCCC[O][Sn].[Ti]. The maximum atomic E-state index is 4.87. The van der Waals surface area contributed by atoms with E-state index in [4.69, 9.17) is 3.07 Å². The minimum Gasteiger partial charge on any atom is 0 e. The van der Waals surface area contributed by atoms with Gasteiger partial charge in [0.05, 0.1) is 0 Å². The van der Waals surface area contributed by atoms with Crippen molar-refractivity contribution >= 4 is 22.9 Å². The van der Waals surface area contributed by atoms with E-state index in [1.54, 1.807) is 0 Å². The predicted octanol–water partition coefficient (Wildman–Crippen LogP) is 0.884. The summed E-state index contributed by atoms with van der Waals surface area (Å²) in [5, 5.41) is 0. The van der Waals surface area contributed by atoms with Crippen molar-refractivity contribution in [2.45, 2.75) is 19.8 Å². The molecule has 0 aliphatic carbocycles. The van der Waals surface area contributed by atoms with Gasteiger partial charge in [-0.3, -0.25) is 0 Å². The van der Waals surface area contributed by atoms with Crippen molar-refractivity contribution in [2.75, 3.05) is 6.61 Å². The summed E-state index contributed by atoms with van der Waals surface area (Å²) in [6.07, 6.45) is 2.46. The Hall–Kier alpha value is 1.47. The maximum absolute atomic E-state index is 4.87. The first-order chi connectivity index (χ1) is 2.91. The van der Waals surface area contributed by atoms with E-state index < -0.39 is 0 Å². The van der Waals surface area contributed by atoms with E-state index in [9.17, 15) is 0 Å². The van der Waals surface area contributed by atoms with Crippen LogP contribution in [-0.2, 0) is 24.8 Å². The van der Waals surface area contributed by atoms with Crippen LogP contribution in [0.4, 0.5) is 0 Å². The quantitative estimate of drug-likeness (QED) is 0.525. The Bertz CT molecular complexity index is 23.7. The molecule has 0 saturated heterocycles. The normalized spacial score (nSPS) is 7.71. The molecule has 0 bridgehead atoms. The van der Waals surface area contributed by atoms with E-state index in [-0.39, 0.29) is 21.7 Å². The van der Waals surface area contributed by atoms with Gasteiger partial charge >= 0.3 is 52.4 Å². The summed E-state index contributed by atoms with van der Waals surface area (Å²) in [7, 11) is 0. The molecule has 0 spiro atoms. The van der Waals surface area contributed by atoms with Gasteiger partial charge in [0.2, 0.25) is 0 Å². The molecular formula is C4H9OSnTi. The largest absolute Gasteiger partial charge is 0 e. The van der Waals surface area contributed by atoms with Gasteiger partial charge in [-0.25, -0.2) is 0 Å². The molecule has 0 aromatic carbocycles. The van der Waals surface area contributed by atoms with E-state index in [0.717, 1.165) is 6.61 Å². The summed E-state index contributed by atoms with van der Waals surface area (Å²) in [4.78, 5) is 0. The minimum absolute atomic E-state index is 0. The molecule has 0 atom stereocenters. The number of hydrogen-bond acceptors (Lipinski definition) is 1. The molecule has 0 saturated carbocycles. The first kappa shape index (κ1) is 11.3. The zero-order chi connectivity index (χ0) is 4.83. The van der Waals surface area contributed by atoms with Crippen LogP contribution in [0, 0.1) is 0 Å². The van der Waals surface area contributed by atoms with Crippen molar-refractivity contribution in [2.24, 2.45) is 0 Å².